The van der Waals surface area contributed by atoms with Gasteiger partial charge in [-0.1, -0.05) is 19.3 Å². The zero-order chi connectivity index (χ0) is 7.97. The predicted octanol–water partition coefficient (Wildman–Crippen LogP) is 2.32. The van der Waals surface area contributed by atoms with E-state index in [1.165, 1.54) is 38.5 Å². The highest BCUT2D eigenvalue weighted by Gasteiger charge is 2.45. The molecular formula is C11H19N. The van der Waals surface area contributed by atoms with Gasteiger partial charge in [0, 0.05) is 12.1 Å². The molecule has 0 aromatic rings. The minimum absolute atomic E-state index is 0.911. The minimum atomic E-state index is 0.911. The summed E-state index contributed by atoms with van der Waals surface area (Å²) in [4.78, 5) is 0. The van der Waals surface area contributed by atoms with Crippen molar-refractivity contribution in [3.8, 4) is 0 Å². The van der Waals surface area contributed by atoms with Crippen molar-refractivity contribution < 1.29 is 0 Å². The molecule has 0 saturated heterocycles. The Morgan fingerprint density at radius 2 is 1.75 bits per heavy atom. The number of rotatable bonds is 2. The van der Waals surface area contributed by atoms with Gasteiger partial charge in [0.05, 0.1) is 0 Å². The summed E-state index contributed by atoms with van der Waals surface area (Å²) in [5.41, 5.74) is 0. The molecule has 3 atom stereocenters. The molecule has 1 unspecified atom stereocenters. The summed E-state index contributed by atoms with van der Waals surface area (Å²) >= 11 is 0. The van der Waals surface area contributed by atoms with E-state index in [0.29, 0.717) is 0 Å². The van der Waals surface area contributed by atoms with E-state index in [4.69, 9.17) is 0 Å². The topological polar surface area (TPSA) is 12.0 Å². The van der Waals surface area contributed by atoms with Crippen molar-refractivity contribution in [2.75, 3.05) is 0 Å². The molecule has 3 fully saturated rings. The Morgan fingerprint density at radius 1 is 0.917 bits per heavy atom. The lowest BCUT2D eigenvalue weighted by Crippen LogP contribution is -2.44. The van der Waals surface area contributed by atoms with Crippen molar-refractivity contribution in [1.29, 1.82) is 0 Å². The Kier molecular flexibility index (Phi) is 1.68. The van der Waals surface area contributed by atoms with Crippen LogP contribution in [-0.2, 0) is 0 Å². The molecule has 0 radical (unpaired) electrons. The van der Waals surface area contributed by atoms with Crippen molar-refractivity contribution in [3.05, 3.63) is 0 Å². The zero-order valence-electron chi connectivity index (χ0n) is 7.76. The fraction of sp³-hybridized carbons (Fsp3) is 1.00. The summed E-state index contributed by atoms with van der Waals surface area (Å²) in [6.07, 6.45) is 10.4. The molecule has 1 N–H and O–H groups in total. The molecule has 0 amide bonds. The first-order valence-corrected chi connectivity index (χ1v) is 5.69. The quantitative estimate of drug-likeness (QED) is 0.662. The third kappa shape index (κ3) is 1.19. The lowest BCUT2D eigenvalue weighted by molar-refractivity contribution is 0.256. The van der Waals surface area contributed by atoms with Crippen LogP contribution >= 0.6 is 0 Å². The van der Waals surface area contributed by atoms with Gasteiger partial charge in [-0.25, -0.2) is 0 Å². The van der Waals surface area contributed by atoms with E-state index in [0.717, 1.165) is 23.9 Å². The second-order valence-corrected chi connectivity index (χ2v) is 4.99. The van der Waals surface area contributed by atoms with Crippen LogP contribution in [-0.4, -0.2) is 12.1 Å². The van der Waals surface area contributed by atoms with Gasteiger partial charge in [-0.05, 0) is 37.5 Å². The Hall–Kier alpha value is -0.0400. The molecule has 12 heavy (non-hydrogen) atoms. The minimum Gasteiger partial charge on any atom is -0.311 e. The molecule has 1 nitrogen and oxygen atoms in total. The fourth-order valence-electron chi connectivity index (χ4n) is 2.99. The largest absolute Gasteiger partial charge is 0.311 e. The van der Waals surface area contributed by atoms with Crippen LogP contribution in [0.5, 0.6) is 0 Å². The summed E-state index contributed by atoms with van der Waals surface area (Å²) < 4.78 is 0. The normalized spacial score (nSPS) is 46.5. The highest BCUT2D eigenvalue weighted by molar-refractivity contribution is 4.99. The first-order valence-electron chi connectivity index (χ1n) is 5.69. The van der Waals surface area contributed by atoms with Gasteiger partial charge < -0.3 is 5.32 Å². The maximum absolute atomic E-state index is 3.85. The average molecular weight is 165 g/mol. The third-order valence-corrected chi connectivity index (χ3v) is 4.14. The van der Waals surface area contributed by atoms with Crippen LogP contribution in [0.3, 0.4) is 0 Å². The molecule has 3 aliphatic rings. The third-order valence-electron chi connectivity index (χ3n) is 4.14. The van der Waals surface area contributed by atoms with Crippen LogP contribution in [0.15, 0.2) is 0 Å². The first-order chi connectivity index (χ1) is 5.93. The summed E-state index contributed by atoms with van der Waals surface area (Å²) in [5, 5.41) is 3.85. The molecule has 3 saturated carbocycles. The molecule has 0 aromatic carbocycles. The summed E-state index contributed by atoms with van der Waals surface area (Å²) in [7, 11) is 0. The van der Waals surface area contributed by atoms with Gasteiger partial charge in [0.25, 0.3) is 0 Å². The van der Waals surface area contributed by atoms with E-state index in [1.54, 1.807) is 6.42 Å². The summed E-state index contributed by atoms with van der Waals surface area (Å²) in [6, 6.07) is 1.84. The van der Waals surface area contributed by atoms with E-state index in [-0.39, 0.29) is 0 Å². The molecule has 0 aliphatic heterocycles. The van der Waals surface area contributed by atoms with Crippen LogP contribution in [0.4, 0.5) is 0 Å². The van der Waals surface area contributed by atoms with Gasteiger partial charge in [-0.15, -0.1) is 0 Å². The molecular weight excluding hydrogens is 146 g/mol. The molecule has 68 valence electrons. The molecule has 0 heterocycles. The Morgan fingerprint density at radius 3 is 2.50 bits per heavy atom. The van der Waals surface area contributed by atoms with Crippen molar-refractivity contribution in [1.82, 2.24) is 5.32 Å². The maximum atomic E-state index is 3.85. The highest BCUT2D eigenvalue weighted by Crippen LogP contribution is 2.49. The molecule has 0 aromatic heterocycles. The number of hydrogen-bond donors (Lipinski definition) is 1. The van der Waals surface area contributed by atoms with E-state index in [2.05, 4.69) is 5.32 Å². The zero-order valence-corrected chi connectivity index (χ0v) is 7.76. The average Bonchev–Trinajstić information content (AvgIpc) is 2.75. The SMILES string of the molecule is C1CC(NC2CCC[C@H]3C[C@@H]23)C1. The van der Waals surface area contributed by atoms with Gasteiger partial charge in [0.15, 0.2) is 0 Å². The van der Waals surface area contributed by atoms with Crippen molar-refractivity contribution in [2.24, 2.45) is 11.8 Å². The second kappa shape index (κ2) is 2.73. The monoisotopic (exact) mass is 165 g/mol. The Bertz CT molecular complexity index is 174. The summed E-state index contributed by atoms with van der Waals surface area (Å²) in [6.45, 7) is 0. The lowest BCUT2D eigenvalue weighted by Gasteiger charge is -2.33. The number of nitrogens with one attached hydrogen (secondary N) is 1. The van der Waals surface area contributed by atoms with Gasteiger partial charge >= 0.3 is 0 Å². The molecule has 0 spiro atoms. The lowest BCUT2D eigenvalue weighted by atomic mass is 9.89. The molecule has 0 bridgehead atoms. The molecule has 3 rings (SSSR count). The van der Waals surface area contributed by atoms with E-state index >= 15 is 0 Å². The van der Waals surface area contributed by atoms with Crippen LogP contribution in [0.2, 0.25) is 0 Å². The highest BCUT2D eigenvalue weighted by atomic mass is 15.0. The van der Waals surface area contributed by atoms with Crippen molar-refractivity contribution in [3.63, 3.8) is 0 Å². The number of fused-ring (bicyclic) bond motifs is 1. The van der Waals surface area contributed by atoms with Crippen LogP contribution in [0.25, 0.3) is 0 Å². The first kappa shape index (κ1) is 7.37. The molecule has 1 heteroatoms. The maximum Gasteiger partial charge on any atom is 0.0101 e. The van der Waals surface area contributed by atoms with E-state index in [9.17, 15) is 0 Å². The smallest absolute Gasteiger partial charge is 0.0101 e. The summed E-state index contributed by atoms with van der Waals surface area (Å²) in [5.74, 6) is 2.23. The standard InChI is InChI=1S/C11H19N/c1-3-8-7-10(8)11(6-1)12-9-4-2-5-9/h8-12H,1-7H2/t8-,10+,11?/m0/s1. The van der Waals surface area contributed by atoms with Crippen molar-refractivity contribution >= 4 is 0 Å². The Labute approximate surface area is 74.9 Å². The molecule has 3 aliphatic carbocycles. The van der Waals surface area contributed by atoms with Gasteiger partial charge in [-0.3, -0.25) is 0 Å². The van der Waals surface area contributed by atoms with Crippen molar-refractivity contribution in [2.45, 2.75) is 57.0 Å². The van der Waals surface area contributed by atoms with E-state index in [1.807, 2.05) is 0 Å². The van der Waals surface area contributed by atoms with Crippen LogP contribution < -0.4 is 5.32 Å². The van der Waals surface area contributed by atoms with Gasteiger partial charge in [0.2, 0.25) is 0 Å². The van der Waals surface area contributed by atoms with Crippen LogP contribution in [0.1, 0.15) is 44.9 Å². The van der Waals surface area contributed by atoms with E-state index < -0.39 is 0 Å². The van der Waals surface area contributed by atoms with Gasteiger partial charge in [0.1, 0.15) is 0 Å². The number of hydrogen-bond acceptors (Lipinski definition) is 1. The predicted molar refractivity (Wildman–Crippen MR) is 50.0 cm³/mol. The fourth-order valence-corrected chi connectivity index (χ4v) is 2.99. The Balaban J connectivity index is 1.54. The van der Waals surface area contributed by atoms with Gasteiger partial charge in [-0.2, -0.15) is 0 Å². The van der Waals surface area contributed by atoms with Crippen LogP contribution in [0, 0.1) is 11.8 Å². The second-order valence-electron chi connectivity index (χ2n) is 4.99.